The minimum atomic E-state index is 0.244. The van der Waals surface area contributed by atoms with E-state index in [2.05, 4.69) is 6.26 Å². The second-order valence-electron chi connectivity index (χ2n) is 3.64. The number of carbonyl (C=O) groups is 1. The van der Waals surface area contributed by atoms with Crippen LogP contribution in [0.2, 0.25) is 0 Å². The smallest absolute Gasteiger partial charge is 0.170 e. The zero-order valence-electron chi connectivity index (χ0n) is 8.55. The molecule has 0 aliphatic heterocycles. The zero-order chi connectivity index (χ0) is 10.1. The Hall–Kier alpha value is -0.280. The lowest BCUT2D eigenvalue weighted by molar-refractivity contribution is 0.102. The molecule has 0 fully saturated rings. The van der Waals surface area contributed by atoms with E-state index in [4.69, 9.17) is 0 Å². The predicted molar refractivity (Wildman–Crippen MR) is 62.7 cm³/mol. The van der Waals surface area contributed by atoms with Gasteiger partial charge < -0.3 is 0 Å². The molecule has 1 aromatic heterocycles. The van der Waals surface area contributed by atoms with Crippen LogP contribution < -0.4 is 0 Å². The van der Waals surface area contributed by atoms with Gasteiger partial charge in [-0.25, -0.2) is 0 Å². The van der Waals surface area contributed by atoms with Crippen molar-refractivity contribution in [2.24, 2.45) is 0 Å². The Morgan fingerprint density at radius 3 is 2.50 bits per heavy atom. The van der Waals surface area contributed by atoms with Gasteiger partial charge in [-0.2, -0.15) is 0 Å². The number of thioether (sulfide) groups is 1. The number of fused-ring (bicyclic) bond motifs is 1. The molecule has 0 saturated carbocycles. The molecule has 76 valence electrons. The van der Waals surface area contributed by atoms with Crippen LogP contribution in [0.15, 0.2) is 4.21 Å². The largest absolute Gasteiger partial charge is 0.294 e. The second-order valence-corrected chi connectivity index (χ2v) is 5.74. The summed E-state index contributed by atoms with van der Waals surface area (Å²) in [5, 5.41) is 0. The van der Waals surface area contributed by atoms with E-state index in [-0.39, 0.29) is 5.78 Å². The Morgan fingerprint density at radius 1 is 1.29 bits per heavy atom. The van der Waals surface area contributed by atoms with Crippen LogP contribution in [-0.4, -0.2) is 12.0 Å². The van der Waals surface area contributed by atoms with E-state index in [1.807, 2.05) is 0 Å². The van der Waals surface area contributed by atoms with Crippen molar-refractivity contribution in [1.29, 1.82) is 0 Å². The summed E-state index contributed by atoms with van der Waals surface area (Å²) in [6, 6.07) is 0. The molecule has 1 nitrogen and oxygen atoms in total. The van der Waals surface area contributed by atoms with Crippen LogP contribution >= 0.6 is 23.1 Å². The Kier molecular flexibility index (Phi) is 2.98. The number of hydrogen-bond acceptors (Lipinski definition) is 3. The first-order valence-corrected chi connectivity index (χ1v) is 6.97. The lowest BCUT2D eigenvalue weighted by Gasteiger charge is -2.12. The molecule has 2 rings (SSSR count). The van der Waals surface area contributed by atoms with Gasteiger partial charge in [-0.1, -0.05) is 0 Å². The maximum atomic E-state index is 11.4. The summed E-state index contributed by atoms with van der Waals surface area (Å²) in [5.41, 5.74) is 2.83. The first kappa shape index (κ1) is 10.2. The molecule has 3 heteroatoms. The number of carbonyl (C=O) groups excluding carboxylic acids is 1. The van der Waals surface area contributed by atoms with E-state index >= 15 is 0 Å². The minimum Gasteiger partial charge on any atom is -0.294 e. The molecule has 0 aromatic carbocycles. The average Bonchev–Trinajstić information content (AvgIpc) is 2.56. The Bertz CT molecular complexity index is 366. The van der Waals surface area contributed by atoms with Crippen molar-refractivity contribution in [2.45, 2.75) is 36.8 Å². The fourth-order valence-electron chi connectivity index (χ4n) is 2.05. The van der Waals surface area contributed by atoms with Crippen molar-refractivity contribution in [3.63, 3.8) is 0 Å². The van der Waals surface area contributed by atoms with E-state index < -0.39 is 0 Å². The van der Waals surface area contributed by atoms with Crippen LogP contribution in [0.3, 0.4) is 0 Å². The molecule has 1 aromatic rings. The van der Waals surface area contributed by atoms with E-state index in [0.29, 0.717) is 0 Å². The van der Waals surface area contributed by atoms with Gasteiger partial charge in [0.25, 0.3) is 0 Å². The van der Waals surface area contributed by atoms with Gasteiger partial charge in [-0.15, -0.1) is 23.1 Å². The molecule has 0 radical (unpaired) electrons. The molecule has 0 saturated heterocycles. The van der Waals surface area contributed by atoms with Crippen LogP contribution in [0, 0.1) is 0 Å². The highest BCUT2D eigenvalue weighted by Gasteiger charge is 2.22. The molecule has 0 atom stereocenters. The summed E-state index contributed by atoms with van der Waals surface area (Å²) < 4.78 is 1.37. The average molecular weight is 226 g/mol. The van der Waals surface area contributed by atoms with Crippen LogP contribution in [-0.2, 0) is 12.8 Å². The Labute approximate surface area is 92.9 Å². The van der Waals surface area contributed by atoms with E-state index in [9.17, 15) is 4.79 Å². The lowest BCUT2D eigenvalue weighted by Crippen LogP contribution is -2.03. The van der Waals surface area contributed by atoms with Gasteiger partial charge in [0.2, 0.25) is 0 Å². The highest BCUT2D eigenvalue weighted by atomic mass is 32.2. The highest BCUT2D eigenvalue weighted by Crippen LogP contribution is 2.39. The Balaban J connectivity index is 2.52. The third kappa shape index (κ3) is 1.63. The van der Waals surface area contributed by atoms with Crippen molar-refractivity contribution >= 4 is 28.9 Å². The predicted octanol–water partition coefficient (Wildman–Crippen LogP) is 3.55. The molecule has 0 unspecified atom stereocenters. The molecule has 14 heavy (non-hydrogen) atoms. The zero-order valence-corrected chi connectivity index (χ0v) is 10.2. The summed E-state index contributed by atoms with van der Waals surface area (Å²) in [4.78, 5) is 12.5. The molecule has 0 spiro atoms. The van der Waals surface area contributed by atoms with Gasteiger partial charge in [-0.3, -0.25) is 4.79 Å². The van der Waals surface area contributed by atoms with Crippen LogP contribution in [0.25, 0.3) is 0 Å². The summed E-state index contributed by atoms with van der Waals surface area (Å²) in [7, 11) is 0. The van der Waals surface area contributed by atoms with Gasteiger partial charge in [0.15, 0.2) is 5.78 Å². The van der Waals surface area contributed by atoms with E-state index in [1.54, 1.807) is 30.0 Å². The summed E-state index contributed by atoms with van der Waals surface area (Å²) >= 11 is 3.48. The topological polar surface area (TPSA) is 17.1 Å². The fraction of sp³-hybridized carbons (Fsp3) is 0.545. The highest BCUT2D eigenvalue weighted by molar-refractivity contribution is 8.00. The SMILES string of the molecule is CSc1sc(C(C)=O)c2c1CCCC2. The molecular formula is C11H14OS2. The van der Waals surface area contributed by atoms with Crippen molar-refractivity contribution in [1.82, 2.24) is 0 Å². The van der Waals surface area contributed by atoms with E-state index in [0.717, 1.165) is 11.3 Å². The third-order valence-corrected chi connectivity index (χ3v) is 5.23. The van der Waals surface area contributed by atoms with Crippen molar-refractivity contribution < 1.29 is 4.79 Å². The summed E-state index contributed by atoms with van der Waals surface area (Å²) in [5.74, 6) is 0.244. The van der Waals surface area contributed by atoms with Gasteiger partial charge in [-0.05, 0) is 50.0 Å². The first-order chi connectivity index (χ1) is 6.74. The molecular weight excluding hydrogens is 212 g/mol. The van der Waals surface area contributed by atoms with Crippen LogP contribution in [0.4, 0.5) is 0 Å². The normalized spacial score (nSPS) is 15.3. The van der Waals surface area contributed by atoms with Crippen LogP contribution in [0.1, 0.15) is 40.6 Å². The molecule has 0 amide bonds. The van der Waals surface area contributed by atoms with Gasteiger partial charge in [0.1, 0.15) is 0 Å². The number of Topliss-reactive ketones (excluding diaryl/α,β-unsaturated/α-hetero) is 1. The maximum Gasteiger partial charge on any atom is 0.170 e. The first-order valence-electron chi connectivity index (χ1n) is 4.93. The van der Waals surface area contributed by atoms with Crippen molar-refractivity contribution in [3.8, 4) is 0 Å². The molecule has 0 N–H and O–H groups in total. The van der Waals surface area contributed by atoms with Gasteiger partial charge in [0.05, 0.1) is 9.09 Å². The second kappa shape index (κ2) is 4.07. The van der Waals surface area contributed by atoms with Crippen molar-refractivity contribution in [2.75, 3.05) is 6.26 Å². The molecule has 0 bridgehead atoms. The quantitative estimate of drug-likeness (QED) is 0.566. The fourth-order valence-corrected chi connectivity index (χ4v) is 4.13. The third-order valence-electron chi connectivity index (χ3n) is 2.69. The number of thiophene rings is 1. The number of ketones is 1. The summed E-state index contributed by atoms with van der Waals surface area (Å²) in [6.45, 7) is 1.69. The Morgan fingerprint density at radius 2 is 1.93 bits per heavy atom. The lowest BCUT2D eigenvalue weighted by atomic mass is 9.93. The monoisotopic (exact) mass is 226 g/mol. The molecule has 1 heterocycles. The molecule has 1 aliphatic rings. The van der Waals surface area contributed by atoms with E-state index in [1.165, 1.54) is 34.6 Å². The van der Waals surface area contributed by atoms with Crippen LogP contribution in [0.5, 0.6) is 0 Å². The number of rotatable bonds is 2. The summed E-state index contributed by atoms with van der Waals surface area (Å²) in [6.07, 6.45) is 6.92. The van der Waals surface area contributed by atoms with Crippen molar-refractivity contribution in [3.05, 3.63) is 16.0 Å². The molecule has 1 aliphatic carbocycles. The maximum absolute atomic E-state index is 11.4. The van der Waals surface area contributed by atoms with Gasteiger partial charge in [0, 0.05) is 0 Å². The minimum absolute atomic E-state index is 0.244. The van der Waals surface area contributed by atoms with Gasteiger partial charge >= 0.3 is 0 Å². The number of hydrogen-bond donors (Lipinski definition) is 0. The standard InChI is InChI=1S/C11H14OS2/c1-7(12)10-8-5-3-4-6-9(8)11(13-2)14-10/h3-6H2,1-2H3.